The fourth-order valence-corrected chi connectivity index (χ4v) is 4.45. The maximum absolute atomic E-state index is 12.2. The summed E-state index contributed by atoms with van der Waals surface area (Å²) < 4.78 is 5.58. The number of rotatable bonds is 13. The van der Waals surface area contributed by atoms with Crippen LogP contribution < -0.4 is 5.32 Å². The van der Waals surface area contributed by atoms with Crippen molar-refractivity contribution in [1.29, 1.82) is 0 Å². The first kappa shape index (κ1) is 22.4. The average molecular weight is 408 g/mol. The van der Waals surface area contributed by atoms with Crippen LogP contribution in [0.3, 0.4) is 0 Å². The van der Waals surface area contributed by atoms with E-state index in [0.717, 1.165) is 6.42 Å². The number of ether oxygens (including phenoxy) is 1. The molecule has 1 aliphatic rings. The molecule has 30 heavy (non-hydrogen) atoms. The van der Waals surface area contributed by atoms with E-state index in [1.807, 2.05) is 0 Å². The first-order valence-electron chi connectivity index (χ1n) is 11.9. The first-order valence-corrected chi connectivity index (χ1v) is 11.9. The molecule has 1 amide bonds. The van der Waals surface area contributed by atoms with Crippen molar-refractivity contribution in [2.45, 2.75) is 77.0 Å². The summed E-state index contributed by atoms with van der Waals surface area (Å²) in [6.45, 7) is 3.35. The van der Waals surface area contributed by atoms with Crippen LogP contribution in [0.5, 0.6) is 0 Å². The predicted molar refractivity (Wildman–Crippen MR) is 125 cm³/mol. The van der Waals surface area contributed by atoms with Gasteiger partial charge in [0.25, 0.3) is 0 Å². The molecule has 0 spiro atoms. The molecule has 0 radical (unpaired) electrons. The maximum Gasteiger partial charge on any atom is 0.407 e. The lowest BCUT2D eigenvalue weighted by molar-refractivity contribution is 0.143. The molecule has 0 bridgehead atoms. The van der Waals surface area contributed by atoms with Crippen LogP contribution in [0.25, 0.3) is 11.1 Å². The minimum absolute atomic E-state index is 0.125. The molecule has 1 aliphatic carbocycles. The quantitative estimate of drug-likeness (QED) is 0.350. The molecular weight excluding hydrogens is 370 g/mol. The number of hydrogen-bond donors (Lipinski definition) is 1. The molecule has 3 nitrogen and oxygen atoms in total. The molecule has 3 heteroatoms. The standard InChI is InChI=1S/C27H37NO2/c1-2-3-4-5-6-7-8-9-10-15-20-28-27(29)30-21-26-24-18-13-11-16-22(24)23-17-12-14-19-25(23)26/h11-14,16-19,26H,2-10,15,20-21H2,1H3,(H,28,29). The number of alkyl carbamates (subject to hydrolysis) is 1. The fraction of sp³-hybridized carbons (Fsp3) is 0.519. The normalized spacial score (nSPS) is 12.4. The number of benzene rings is 2. The Balaban J connectivity index is 1.30. The van der Waals surface area contributed by atoms with Crippen molar-refractivity contribution in [3.8, 4) is 11.1 Å². The van der Waals surface area contributed by atoms with E-state index in [9.17, 15) is 4.79 Å². The molecule has 0 aromatic heterocycles. The Morgan fingerprint density at radius 3 is 1.83 bits per heavy atom. The van der Waals surface area contributed by atoms with Gasteiger partial charge in [-0.3, -0.25) is 0 Å². The van der Waals surface area contributed by atoms with Crippen LogP contribution in [0.4, 0.5) is 4.79 Å². The average Bonchev–Trinajstić information content (AvgIpc) is 3.10. The highest BCUT2D eigenvalue weighted by Crippen LogP contribution is 2.44. The van der Waals surface area contributed by atoms with Crippen molar-refractivity contribution in [3.63, 3.8) is 0 Å². The molecule has 0 saturated heterocycles. The third kappa shape index (κ3) is 6.35. The topological polar surface area (TPSA) is 38.3 Å². The third-order valence-electron chi connectivity index (χ3n) is 6.14. The number of fused-ring (bicyclic) bond motifs is 3. The van der Waals surface area contributed by atoms with Crippen molar-refractivity contribution in [3.05, 3.63) is 59.7 Å². The highest BCUT2D eigenvalue weighted by Gasteiger charge is 2.28. The number of carbonyl (C=O) groups excluding carboxylic acids is 1. The third-order valence-corrected chi connectivity index (χ3v) is 6.14. The van der Waals surface area contributed by atoms with Crippen LogP contribution in [0.15, 0.2) is 48.5 Å². The van der Waals surface area contributed by atoms with Crippen LogP contribution in [-0.2, 0) is 4.74 Å². The molecule has 0 aliphatic heterocycles. The predicted octanol–water partition coefficient (Wildman–Crippen LogP) is 7.45. The largest absolute Gasteiger partial charge is 0.449 e. The Morgan fingerprint density at radius 2 is 1.27 bits per heavy atom. The van der Waals surface area contributed by atoms with E-state index in [1.54, 1.807) is 0 Å². The van der Waals surface area contributed by atoms with Gasteiger partial charge in [0, 0.05) is 12.5 Å². The van der Waals surface area contributed by atoms with Crippen molar-refractivity contribution in [1.82, 2.24) is 5.32 Å². The Kier molecular flexibility index (Phi) is 9.27. The van der Waals surface area contributed by atoms with Gasteiger partial charge in [-0.05, 0) is 28.7 Å². The Morgan fingerprint density at radius 1 is 0.767 bits per heavy atom. The number of amides is 1. The first-order chi connectivity index (χ1) is 14.8. The molecule has 1 N–H and O–H groups in total. The molecule has 2 aromatic carbocycles. The molecule has 0 atom stereocenters. The highest BCUT2D eigenvalue weighted by molar-refractivity contribution is 5.79. The lowest BCUT2D eigenvalue weighted by atomic mass is 9.98. The molecule has 3 rings (SSSR count). The van der Waals surface area contributed by atoms with E-state index in [-0.39, 0.29) is 12.0 Å². The van der Waals surface area contributed by atoms with Crippen molar-refractivity contribution in [2.75, 3.05) is 13.2 Å². The number of unbranched alkanes of at least 4 members (excludes halogenated alkanes) is 9. The summed E-state index contributed by atoms with van der Waals surface area (Å²) in [4.78, 5) is 12.2. The van der Waals surface area contributed by atoms with Crippen molar-refractivity contribution in [2.24, 2.45) is 0 Å². The Labute approximate surface area is 182 Å². The van der Waals surface area contributed by atoms with Gasteiger partial charge in [0.1, 0.15) is 6.61 Å². The minimum Gasteiger partial charge on any atom is -0.449 e. The number of hydrogen-bond acceptors (Lipinski definition) is 2. The van der Waals surface area contributed by atoms with E-state index in [2.05, 4.69) is 60.8 Å². The zero-order valence-corrected chi connectivity index (χ0v) is 18.5. The summed E-state index contributed by atoms with van der Waals surface area (Å²) in [5.74, 6) is 0.125. The summed E-state index contributed by atoms with van der Waals surface area (Å²) in [7, 11) is 0. The Hall–Kier alpha value is -2.29. The van der Waals surface area contributed by atoms with Gasteiger partial charge in [-0.25, -0.2) is 4.79 Å². The molecular formula is C27H37NO2. The summed E-state index contributed by atoms with van der Waals surface area (Å²) in [6.07, 6.45) is 12.7. The summed E-state index contributed by atoms with van der Waals surface area (Å²) in [5.41, 5.74) is 5.02. The van der Waals surface area contributed by atoms with Crippen LogP contribution in [0.2, 0.25) is 0 Å². The second kappa shape index (κ2) is 12.4. The lowest BCUT2D eigenvalue weighted by Gasteiger charge is -2.14. The lowest BCUT2D eigenvalue weighted by Crippen LogP contribution is -2.27. The second-order valence-corrected chi connectivity index (χ2v) is 8.43. The van der Waals surface area contributed by atoms with Crippen LogP contribution in [-0.4, -0.2) is 19.2 Å². The molecule has 2 aromatic rings. The van der Waals surface area contributed by atoms with Gasteiger partial charge in [0.2, 0.25) is 0 Å². The molecule has 0 heterocycles. The van der Waals surface area contributed by atoms with Crippen molar-refractivity contribution < 1.29 is 9.53 Å². The van der Waals surface area contributed by atoms with E-state index in [4.69, 9.17) is 4.74 Å². The van der Waals surface area contributed by atoms with E-state index in [1.165, 1.54) is 80.0 Å². The van der Waals surface area contributed by atoms with Gasteiger partial charge in [-0.1, -0.05) is 113 Å². The molecule has 0 fully saturated rings. The van der Waals surface area contributed by atoms with Crippen LogP contribution >= 0.6 is 0 Å². The van der Waals surface area contributed by atoms with Gasteiger partial charge in [0.15, 0.2) is 0 Å². The van der Waals surface area contributed by atoms with E-state index < -0.39 is 0 Å². The number of nitrogens with one attached hydrogen (secondary N) is 1. The number of carbonyl (C=O) groups is 1. The molecule has 0 unspecified atom stereocenters. The maximum atomic E-state index is 12.2. The minimum atomic E-state index is -0.298. The van der Waals surface area contributed by atoms with Crippen LogP contribution in [0.1, 0.15) is 88.2 Å². The fourth-order valence-electron chi connectivity index (χ4n) is 4.45. The van der Waals surface area contributed by atoms with E-state index >= 15 is 0 Å². The summed E-state index contributed by atoms with van der Waals surface area (Å²) in [5, 5.41) is 2.92. The smallest absolute Gasteiger partial charge is 0.407 e. The van der Waals surface area contributed by atoms with Gasteiger partial charge in [-0.15, -0.1) is 0 Å². The highest BCUT2D eigenvalue weighted by atomic mass is 16.5. The summed E-state index contributed by atoms with van der Waals surface area (Å²) in [6, 6.07) is 16.8. The van der Waals surface area contributed by atoms with Crippen LogP contribution in [0, 0.1) is 0 Å². The monoisotopic (exact) mass is 407 g/mol. The SMILES string of the molecule is CCCCCCCCCCCCNC(=O)OCC1c2ccccc2-c2ccccc21. The second-order valence-electron chi connectivity index (χ2n) is 8.43. The van der Waals surface area contributed by atoms with Gasteiger partial charge in [0.05, 0.1) is 0 Å². The van der Waals surface area contributed by atoms with Crippen molar-refractivity contribution >= 4 is 6.09 Å². The molecule has 162 valence electrons. The summed E-state index contributed by atoms with van der Waals surface area (Å²) >= 11 is 0. The molecule has 0 saturated carbocycles. The zero-order valence-electron chi connectivity index (χ0n) is 18.5. The zero-order chi connectivity index (χ0) is 21.0. The van der Waals surface area contributed by atoms with E-state index in [0.29, 0.717) is 13.2 Å². The van der Waals surface area contributed by atoms with Gasteiger partial charge >= 0.3 is 6.09 Å². The van der Waals surface area contributed by atoms with Gasteiger partial charge in [-0.2, -0.15) is 0 Å². The Bertz CT molecular complexity index is 740. The van der Waals surface area contributed by atoms with Gasteiger partial charge < -0.3 is 10.1 Å².